The lowest BCUT2D eigenvalue weighted by Crippen LogP contribution is -2.53. The van der Waals surface area contributed by atoms with Gasteiger partial charge in [0.1, 0.15) is 5.75 Å². The molecule has 1 heterocycles. The highest BCUT2D eigenvalue weighted by atomic mass is 35.5. The zero-order chi connectivity index (χ0) is 17.0. The van der Waals surface area contributed by atoms with E-state index in [1.807, 2.05) is 0 Å². The Balaban J connectivity index is 2.02. The van der Waals surface area contributed by atoms with Crippen LogP contribution in [0.25, 0.3) is 0 Å². The molecule has 0 bridgehead atoms. The van der Waals surface area contributed by atoms with Crippen LogP contribution in [0.2, 0.25) is 10.0 Å². The molecular weight excluding hydrogens is 345 g/mol. The average Bonchev–Trinajstić information content (AvgIpc) is 2.84. The van der Waals surface area contributed by atoms with E-state index in [9.17, 15) is 9.59 Å². The van der Waals surface area contributed by atoms with Crippen molar-refractivity contribution in [1.29, 1.82) is 0 Å². The molecule has 1 saturated heterocycles. The Morgan fingerprint density at radius 2 is 2.04 bits per heavy atom. The molecule has 0 radical (unpaired) electrons. The van der Waals surface area contributed by atoms with Crippen LogP contribution in [0.4, 0.5) is 0 Å². The molecule has 6 nitrogen and oxygen atoms in total. The number of nitrogens with one attached hydrogen (secondary N) is 1. The molecule has 2 rings (SSSR count). The largest absolute Gasteiger partial charge is 0.481 e. The normalized spacial score (nSPS) is 21.7. The van der Waals surface area contributed by atoms with Crippen LogP contribution in [-0.2, 0) is 14.3 Å². The molecule has 1 fully saturated rings. The number of carbonyl (C=O) groups excluding carboxylic acids is 1. The SMILES string of the molecule is CC(Oc1cc(Cl)cc(Cl)c1)C(=O)NC1(CC(=O)O)CCOC1. The lowest BCUT2D eigenvalue weighted by Gasteiger charge is -2.28. The van der Waals surface area contributed by atoms with E-state index >= 15 is 0 Å². The van der Waals surface area contributed by atoms with Crippen molar-refractivity contribution in [2.24, 2.45) is 0 Å². The van der Waals surface area contributed by atoms with E-state index in [0.29, 0.717) is 28.8 Å². The summed E-state index contributed by atoms with van der Waals surface area (Å²) < 4.78 is 10.8. The second-order valence-corrected chi connectivity index (χ2v) is 6.38. The standard InChI is InChI=1S/C15H17Cl2NO5/c1-9(23-12-5-10(16)4-11(17)6-12)14(21)18-15(7-13(19)20)2-3-22-8-15/h4-6,9H,2-3,7-8H2,1H3,(H,18,21)(H,19,20). The van der Waals surface area contributed by atoms with Crippen molar-refractivity contribution >= 4 is 35.1 Å². The Morgan fingerprint density at radius 3 is 2.57 bits per heavy atom. The number of carboxylic acid groups (broad SMARTS) is 1. The molecule has 2 unspecified atom stereocenters. The average molecular weight is 362 g/mol. The fourth-order valence-electron chi connectivity index (χ4n) is 2.40. The van der Waals surface area contributed by atoms with Gasteiger partial charge in [-0.15, -0.1) is 0 Å². The molecule has 8 heteroatoms. The Hall–Kier alpha value is -1.50. The Bertz CT molecular complexity index is 581. The van der Waals surface area contributed by atoms with Crippen molar-refractivity contribution in [2.75, 3.05) is 13.2 Å². The first-order chi connectivity index (χ1) is 10.8. The first kappa shape index (κ1) is 17.8. The number of ether oxygens (including phenoxy) is 2. The predicted molar refractivity (Wildman–Crippen MR) is 85.1 cm³/mol. The molecule has 0 saturated carbocycles. The molecular formula is C15H17Cl2NO5. The van der Waals surface area contributed by atoms with Crippen LogP contribution in [0.3, 0.4) is 0 Å². The molecule has 1 amide bonds. The fourth-order valence-corrected chi connectivity index (χ4v) is 2.90. The minimum absolute atomic E-state index is 0.167. The van der Waals surface area contributed by atoms with Crippen molar-refractivity contribution in [3.63, 3.8) is 0 Å². The van der Waals surface area contributed by atoms with Gasteiger partial charge in [0.2, 0.25) is 0 Å². The third-order valence-corrected chi connectivity index (χ3v) is 3.94. The first-order valence-electron chi connectivity index (χ1n) is 7.04. The number of rotatable bonds is 6. The van der Waals surface area contributed by atoms with Crippen LogP contribution in [0.15, 0.2) is 18.2 Å². The predicted octanol–water partition coefficient (Wildman–Crippen LogP) is 2.51. The van der Waals surface area contributed by atoms with Gasteiger partial charge in [0.25, 0.3) is 5.91 Å². The minimum Gasteiger partial charge on any atom is -0.481 e. The van der Waals surface area contributed by atoms with E-state index in [1.54, 1.807) is 25.1 Å². The number of hydrogen-bond donors (Lipinski definition) is 2. The molecule has 0 aliphatic carbocycles. The summed E-state index contributed by atoms with van der Waals surface area (Å²) in [6.45, 7) is 2.14. The van der Waals surface area contributed by atoms with Gasteiger partial charge in [-0.1, -0.05) is 23.2 Å². The van der Waals surface area contributed by atoms with E-state index in [4.69, 9.17) is 37.8 Å². The van der Waals surface area contributed by atoms with Crippen LogP contribution in [-0.4, -0.2) is 41.8 Å². The maximum absolute atomic E-state index is 12.3. The summed E-state index contributed by atoms with van der Waals surface area (Å²) in [4.78, 5) is 23.3. The second-order valence-electron chi connectivity index (χ2n) is 5.51. The summed E-state index contributed by atoms with van der Waals surface area (Å²) in [6.07, 6.45) is -0.592. The van der Waals surface area contributed by atoms with Crippen LogP contribution in [0.1, 0.15) is 19.8 Å². The molecule has 2 N–H and O–H groups in total. The van der Waals surface area contributed by atoms with Crippen LogP contribution in [0, 0.1) is 0 Å². The zero-order valence-electron chi connectivity index (χ0n) is 12.5. The quantitative estimate of drug-likeness (QED) is 0.812. The number of benzene rings is 1. The van der Waals surface area contributed by atoms with Crippen LogP contribution >= 0.6 is 23.2 Å². The molecule has 1 aromatic rings. The third-order valence-electron chi connectivity index (χ3n) is 3.50. The summed E-state index contributed by atoms with van der Waals surface area (Å²) in [5, 5.41) is 12.5. The molecule has 2 atom stereocenters. The van der Waals surface area contributed by atoms with E-state index in [-0.39, 0.29) is 13.0 Å². The van der Waals surface area contributed by atoms with E-state index in [1.165, 1.54) is 0 Å². The van der Waals surface area contributed by atoms with E-state index in [0.717, 1.165) is 0 Å². The second kappa shape index (κ2) is 7.38. The first-order valence-corrected chi connectivity index (χ1v) is 7.80. The number of amides is 1. The van der Waals surface area contributed by atoms with Crippen molar-refractivity contribution in [3.05, 3.63) is 28.2 Å². The van der Waals surface area contributed by atoms with E-state index in [2.05, 4.69) is 5.32 Å². The number of hydrogen-bond acceptors (Lipinski definition) is 4. The van der Waals surface area contributed by atoms with Gasteiger partial charge in [-0.3, -0.25) is 9.59 Å². The highest BCUT2D eigenvalue weighted by Crippen LogP contribution is 2.26. The van der Waals surface area contributed by atoms with Gasteiger partial charge in [-0.2, -0.15) is 0 Å². The molecule has 0 aromatic heterocycles. The third kappa shape index (κ3) is 4.99. The number of carbonyl (C=O) groups is 2. The lowest BCUT2D eigenvalue weighted by molar-refractivity contribution is -0.139. The number of halogens is 2. The maximum atomic E-state index is 12.3. The monoisotopic (exact) mass is 361 g/mol. The highest BCUT2D eigenvalue weighted by molar-refractivity contribution is 6.34. The molecule has 23 heavy (non-hydrogen) atoms. The van der Waals surface area contributed by atoms with Gasteiger partial charge >= 0.3 is 5.97 Å². The minimum atomic E-state index is -0.994. The van der Waals surface area contributed by atoms with Gasteiger partial charge in [-0.25, -0.2) is 0 Å². The topological polar surface area (TPSA) is 84.9 Å². The van der Waals surface area contributed by atoms with Gasteiger partial charge in [0.15, 0.2) is 6.10 Å². The molecule has 126 valence electrons. The Kier molecular flexibility index (Phi) is 5.73. The Morgan fingerprint density at radius 1 is 1.39 bits per heavy atom. The summed E-state index contributed by atoms with van der Waals surface area (Å²) >= 11 is 11.8. The molecule has 1 aliphatic rings. The van der Waals surface area contributed by atoms with E-state index < -0.39 is 23.5 Å². The summed E-state index contributed by atoms with van der Waals surface area (Å²) in [6, 6.07) is 4.64. The molecule has 0 spiro atoms. The van der Waals surface area contributed by atoms with Crippen LogP contribution in [0.5, 0.6) is 5.75 Å². The number of carboxylic acids is 1. The van der Waals surface area contributed by atoms with Crippen molar-refractivity contribution < 1.29 is 24.2 Å². The van der Waals surface area contributed by atoms with Crippen LogP contribution < -0.4 is 10.1 Å². The van der Waals surface area contributed by atoms with Crippen molar-refractivity contribution in [2.45, 2.75) is 31.4 Å². The van der Waals surface area contributed by atoms with Gasteiger partial charge in [0.05, 0.1) is 18.6 Å². The Labute approximate surface area is 143 Å². The maximum Gasteiger partial charge on any atom is 0.305 e. The highest BCUT2D eigenvalue weighted by Gasteiger charge is 2.39. The van der Waals surface area contributed by atoms with Gasteiger partial charge in [-0.05, 0) is 31.5 Å². The fraction of sp³-hybridized carbons (Fsp3) is 0.467. The smallest absolute Gasteiger partial charge is 0.305 e. The van der Waals surface area contributed by atoms with Gasteiger partial charge in [0, 0.05) is 16.7 Å². The summed E-state index contributed by atoms with van der Waals surface area (Å²) in [7, 11) is 0. The zero-order valence-corrected chi connectivity index (χ0v) is 14.0. The summed E-state index contributed by atoms with van der Waals surface area (Å²) in [5.41, 5.74) is -0.896. The van der Waals surface area contributed by atoms with Crippen molar-refractivity contribution in [3.8, 4) is 5.75 Å². The van der Waals surface area contributed by atoms with Gasteiger partial charge < -0.3 is 19.9 Å². The number of aliphatic carboxylic acids is 1. The lowest BCUT2D eigenvalue weighted by atomic mass is 9.94. The molecule has 1 aromatic carbocycles. The van der Waals surface area contributed by atoms with Crippen molar-refractivity contribution in [1.82, 2.24) is 5.32 Å². The summed E-state index contributed by atoms with van der Waals surface area (Å²) in [5.74, 6) is -1.06. The molecule has 1 aliphatic heterocycles.